The first-order valence-corrected chi connectivity index (χ1v) is 8.43. The average molecular weight is 334 g/mol. The first-order chi connectivity index (χ1) is 12.1. The van der Waals surface area contributed by atoms with Crippen molar-refractivity contribution in [3.8, 4) is 5.69 Å². The number of halogens is 1. The topological polar surface area (TPSA) is 34.9 Å². The summed E-state index contributed by atoms with van der Waals surface area (Å²) in [5, 5.41) is 4.52. The Labute approximate surface area is 146 Å². The minimum atomic E-state index is -0.815. The SMILES string of the molecule is Cc1ccc(-n2ncc3c2CC[C@@]3(C=O)c2cccc(F)c2C)cc1. The monoisotopic (exact) mass is 334 g/mol. The summed E-state index contributed by atoms with van der Waals surface area (Å²) in [4.78, 5) is 12.2. The molecule has 0 unspecified atom stereocenters. The molecular formula is C21H19FN2O. The highest BCUT2D eigenvalue weighted by atomic mass is 19.1. The lowest BCUT2D eigenvalue weighted by Gasteiger charge is -2.25. The molecule has 4 heteroatoms. The normalized spacial score (nSPS) is 19.0. The van der Waals surface area contributed by atoms with Crippen molar-refractivity contribution in [3.05, 3.63) is 82.4 Å². The van der Waals surface area contributed by atoms with Crippen LogP contribution >= 0.6 is 0 Å². The van der Waals surface area contributed by atoms with Crippen molar-refractivity contribution >= 4 is 6.29 Å². The van der Waals surface area contributed by atoms with Gasteiger partial charge >= 0.3 is 0 Å². The lowest BCUT2D eigenvalue weighted by molar-refractivity contribution is -0.111. The van der Waals surface area contributed by atoms with Crippen molar-refractivity contribution < 1.29 is 9.18 Å². The van der Waals surface area contributed by atoms with E-state index in [2.05, 4.69) is 5.10 Å². The molecule has 0 radical (unpaired) electrons. The number of hydrogen-bond donors (Lipinski definition) is 0. The predicted octanol–water partition coefficient (Wildman–Crippen LogP) is 4.06. The van der Waals surface area contributed by atoms with Crippen molar-refractivity contribution in [2.24, 2.45) is 0 Å². The average Bonchev–Trinajstić information content (AvgIpc) is 3.19. The Hall–Kier alpha value is -2.75. The van der Waals surface area contributed by atoms with Gasteiger partial charge in [0.25, 0.3) is 0 Å². The molecule has 0 saturated heterocycles. The van der Waals surface area contributed by atoms with Gasteiger partial charge in [-0.1, -0.05) is 29.8 Å². The highest BCUT2D eigenvalue weighted by Crippen LogP contribution is 2.44. The van der Waals surface area contributed by atoms with Crippen molar-refractivity contribution in [3.63, 3.8) is 0 Å². The number of rotatable bonds is 3. The van der Waals surface area contributed by atoms with Crippen LogP contribution in [0.5, 0.6) is 0 Å². The van der Waals surface area contributed by atoms with Gasteiger partial charge in [-0.25, -0.2) is 9.07 Å². The van der Waals surface area contributed by atoms with Gasteiger partial charge in [-0.05, 0) is 56.0 Å². The summed E-state index contributed by atoms with van der Waals surface area (Å²) in [5.74, 6) is -0.280. The number of benzene rings is 2. The van der Waals surface area contributed by atoms with E-state index in [1.807, 2.05) is 41.9 Å². The molecule has 2 aromatic carbocycles. The Morgan fingerprint density at radius 1 is 1.12 bits per heavy atom. The summed E-state index contributed by atoms with van der Waals surface area (Å²) in [6.45, 7) is 3.78. The number of carbonyl (C=O) groups is 1. The summed E-state index contributed by atoms with van der Waals surface area (Å²) < 4.78 is 16.0. The first kappa shape index (κ1) is 15.8. The van der Waals surface area contributed by atoms with E-state index in [0.29, 0.717) is 12.0 Å². The fourth-order valence-corrected chi connectivity index (χ4v) is 3.90. The zero-order chi connectivity index (χ0) is 17.6. The lowest BCUT2D eigenvalue weighted by atomic mass is 9.76. The largest absolute Gasteiger partial charge is 0.302 e. The third-order valence-corrected chi connectivity index (χ3v) is 5.33. The Balaban J connectivity index is 1.88. The molecule has 1 aromatic heterocycles. The van der Waals surface area contributed by atoms with Gasteiger partial charge in [-0.15, -0.1) is 0 Å². The summed E-state index contributed by atoms with van der Waals surface area (Å²) >= 11 is 0. The van der Waals surface area contributed by atoms with E-state index in [1.165, 1.54) is 11.6 Å². The van der Waals surface area contributed by atoms with E-state index < -0.39 is 5.41 Å². The molecule has 0 amide bonds. The molecule has 0 N–H and O–H groups in total. The van der Waals surface area contributed by atoms with E-state index in [0.717, 1.165) is 35.2 Å². The zero-order valence-electron chi connectivity index (χ0n) is 14.3. The fourth-order valence-electron chi connectivity index (χ4n) is 3.90. The van der Waals surface area contributed by atoms with Crippen molar-refractivity contribution in [1.82, 2.24) is 9.78 Å². The maximum absolute atomic E-state index is 14.1. The molecule has 0 fully saturated rings. The molecule has 0 bridgehead atoms. The highest BCUT2D eigenvalue weighted by molar-refractivity contribution is 5.78. The van der Waals surface area contributed by atoms with Crippen LogP contribution in [0.15, 0.2) is 48.7 Å². The van der Waals surface area contributed by atoms with Gasteiger partial charge in [0.1, 0.15) is 12.1 Å². The zero-order valence-corrected chi connectivity index (χ0v) is 14.3. The third kappa shape index (κ3) is 2.24. The summed E-state index contributed by atoms with van der Waals surface area (Å²) in [6.07, 6.45) is 4.10. The summed E-state index contributed by atoms with van der Waals surface area (Å²) in [6, 6.07) is 13.1. The van der Waals surface area contributed by atoms with Crippen LogP contribution < -0.4 is 0 Å². The van der Waals surface area contributed by atoms with E-state index in [4.69, 9.17) is 0 Å². The van der Waals surface area contributed by atoms with Crippen molar-refractivity contribution in [2.75, 3.05) is 0 Å². The van der Waals surface area contributed by atoms with Gasteiger partial charge in [0, 0.05) is 11.3 Å². The maximum Gasteiger partial charge on any atom is 0.135 e. The number of carbonyl (C=O) groups excluding carboxylic acids is 1. The molecule has 1 aliphatic rings. The quantitative estimate of drug-likeness (QED) is 0.677. The van der Waals surface area contributed by atoms with Gasteiger partial charge < -0.3 is 4.79 Å². The van der Waals surface area contributed by atoms with Crippen LogP contribution in [0.2, 0.25) is 0 Å². The van der Waals surface area contributed by atoms with Crippen LogP contribution in [-0.4, -0.2) is 16.1 Å². The lowest BCUT2D eigenvalue weighted by Crippen LogP contribution is -2.27. The molecule has 0 spiro atoms. The third-order valence-electron chi connectivity index (χ3n) is 5.33. The first-order valence-electron chi connectivity index (χ1n) is 8.43. The second-order valence-corrected chi connectivity index (χ2v) is 6.75. The molecule has 126 valence electrons. The van der Waals surface area contributed by atoms with Crippen molar-refractivity contribution in [2.45, 2.75) is 32.1 Å². The van der Waals surface area contributed by atoms with E-state index >= 15 is 0 Å². The summed E-state index contributed by atoms with van der Waals surface area (Å²) in [5.41, 5.74) is 4.53. The van der Waals surface area contributed by atoms with Crippen LogP contribution in [0.4, 0.5) is 4.39 Å². The standard InChI is InChI=1S/C21H19FN2O/c1-14-6-8-16(9-7-14)24-20-10-11-21(13-25,18(20)12-23-24)17-4-3-5-19(22)15(17)2/h3-9,12-13H,10-11H2,1-2H3/t21-/m1/s1. The van der Waals surface area contributed by atoms with E-state index in [-0.39, 0.29) is 5.82 Å². The Morgan fingerprint density at radius 2 is 1.88 bits per heavy atom. The summed E-state index contributed by atoms with van der Waals surface area (Å²) in [7, 11) is 0. The van der Waals surface area contributed by atoms with Crippen LogP contribution in [0.3, 0.4) is 0 Å². The number of aldehydes is 1. The van der Waals surface area contributed by atoms with E-state index in [1.54, 1.807) is 19.2 Å². The molecule has 1 aliphatic carbocycles. The Morgan fingerprint density at radius 3 is 2.60 bits per heavy atom. The number of aryl methyl sites for hydroxylation is 1. The Kier molecular flexibility index (Phi) is 3.57. The molecule has 25 heavy (non-hydrogen) atoms. The maximum atomic E-state index is 14.1. The van der Waals surface area contributed by atoms with Crippen LogP contribution in [0.1, 0.15) is 34.4 Å². The smallest absolute Gasteiger partial charge is 0.135 e. The van der Waals surface area contributed by atoms with Crippen LogP contribution in [0, 0.1) is 19.7 Å². The van der Waals surface area contributed by atoms with Gasteiger partial charge in [0.05, 0.1) is 17.3 Å². The fraction of sp³-hybridized carbons (Fsp3) is 0.238. The minimum absolute atomic E-state index is 0.280. The number of fused-ring (bicyclic) bond motifs is 1. The van der Waals surface area contributed by atoms with Gasteiger partial charge in [0.15, 0.2) is 0 Å². The Bertz CT molecular complexity index is 959. The number of aromatic nitrogens is 2. The molecule has 1 heterocycles. The molecule has 0 saturated carbocycles. The van der Waals surface area contributed by atoms with Gasteiger partial charge in [-0.3, -0.25) is 0 Å². The van der Waals surface area contributed by atoms with Gasteiger partial charge in [0.2, 0.25) is 0 Å². The minimum Gasteiger partial charge on any atom is -0.302 e. The molecule has 0 aliphatic heterocycles. The molecule has 3 aromatic rings. The second-order valence-electron chi connectivity index (χ2n) is 6.75. The van der Waals surface area contributed by atoms with E-state index in [9.17, 15) is 9.18 Å². The second kappa shape index (κ2) is 5.66. The van der Waals surface area contributed by atoms with Crippen LogP contribution in [-0.2, 0) is 16.6 Å². The molecule has 3 nitrogen and oxygen atoms in total. The number of hydrogen-bond acceptors (Lipinski definition) is 2. The van der Waals surface area contributed by atoms with Crippen LogP contribution in [0.25, 0.3) is 5.69 Å². The number of nitrogens with zero attached hydrogens (tertiary/aromatic N) is 2. The molecular weight excluding hydrogens is 315 g/mol. The molecule has 1 atom stereocenters. The molecule has 4 rings (SSSR count). The van der Waals surface area contributed by atoms with Gasteiger partial charge in [-0.2, -0.15) is 5.10 Å². The highest BCUT2D eigenvalue weighted by Gasteiger charge is 2.44. The van der Waals surface area contributed by atoms with Crippen molar-refractivity contribution in [1.29, 1.82) is 0 Å². The predicted molar refractivity (Wildman–Crippen MR) is 94.6 cm³/mol.